The number of furan rings is 1. The summed E-state index contributed by atoms with van der Waals surface area (Å²) in [6.07, 6.45) is 1.50. The van der Waals surface area contributed by atoms with Crippen molar-refractivity contribution >= 4 is 5.91 Å². The minimum Gasteiger partial charge on any atom is -0.464 e. The Balaban J connectivity index is 2.15. The van der Waals surface area contributed by atoms with Gasteiger partial charge in [0.25, 0.3) is 11.5 Å². The minimum atomic E-state index is -0.384. The lowest BCUT2D eigenvalue weighted by atomic mass is 10.2. The van der Waals surface area contributed by atoms with Gasteiger partial charge in [-0.1, -0.05) is 0 Å². The number of hydrogen-bond acceptors (Lipinski definition) is 3. The number of rotatable bonds is 3. The molecule has 0 aliphatic carbocycles. The normalized spacial score (nSPS) is 10.3. The zero-order chi connectivity index (χ0) is 13.1. The van der Waals surface area contributed by atoms with Gasteiger partial charge in [0.05, 0.1) is 6.54 Å². The highest BCUT2D eigenvalue weighted by atomic mass is 16.3. The average molecular weight is 246 g/mol. The topological polar surface area (TPSA) is 66.3 Å². The van der Waals surface area contributed by atoms with E-state index in [2.05, 4.69) is 4.98 Å². The van der Waals surface area contributed by atoms with Gasteiger partial charge in [0.2, 0.25) is 0 Å². The lowest BCUT2D eigenvalue weighted by Gasteiger charge is -2.14. The zero-order valence-electron chi connectivity index (χ0n) is 10.3. The fourth-order valence-electron chi connectivity index (χ4n) is 1.67. The van der Waals surface area contributed by atoms with Crippen LogP contribution in [-0.2, 0) is 6.54 Å². The van der Waals surface area contributed by atoms with Crippen LogP contribution in [0.1, 0.15) is 21.9 Å². The van der Waals surface area contributed by atoms with Crippen molar-refractivity contribution in [1.29, 1.82) is 0 Å². The highest BCUT2D eigenvalue weighted by Crippen LogP contribution is 2.09. The molecular formula is C13H14N2O3. The van der Waals surface area contributed by atoms with Crippen LogP contribution in [0, 0.1) is 6.92 Å². The van der Waals surface area contributed by atoms with Crippen molar-refractivity contribution in [2.45, 2.75) is 13.5 Å². The van der Waals surface area contributed by atoms with Gasteiger partial charge in [-0.25, -0.2) is 0 Å². The lowest BCUT2D eigenvalue weighted by Crippen LogP contribution is -2.30. The maximum Gasteiger partial charge on any atom is 0.260 e. The van der Waals surface area contributed by atoms with Crippen molar-refractivity contribution in [1.82, 2.24) is 9.88 Å². The Kier molecular flexibility index (Phi) is 3.32. The highest BCUT2D eigenvalue weighted by molar-refractivity contribution is 5.93. The van der Waals surface area contributed by atoms with Gasteiger partial charge >= 0.3 is 0 Å². The van der Waals surface area contributed by atoms with Crippen LogP contribution in [0.15, 0.2) is 39.7 Å². The van der Waals surface area contributed by atoms with Crippen LogP contribution < -0.4 is 5.56 Å². The molecule has 1 N–H and O–H groups in total. The first kappa shape index (κ1) is 12.2. The molecule has 18 heavy (non-hydrogen) atoms. The standard InChI is InChI=1S/C13H14N2O3/c1-9-5-6-10(18-9)8-15(2)13(17)11-4-3-7-14-12(11)16/h3-7H,8H2,1-2H3,(H,14,16). The van der Waals surface area contributed by atoms with E-state index in [0.717, 1.165) is 5.76 Å². The first-order valence-electron chi connectivity index (χ1n) is 5.56. The van der Waals surface area contributed by atoms with Crippen molar-refractivity contribution in [3.8, 4) is 0 Å². The van der Waals surface area contributed by atoms with Crippen LogP contribution in [0.2, 0.25) is 0 Å². The molecule has 0 bridgehead atoms. The molecule has 2 heterocycles. The summed E-state index contributed by atoms with van der Waals surface area (Å²) >= 11 is 0. The Hall–Kier alpha value is -2.30. The smallest absolute Gasteiger partial charge is 0.260 e. The molecular weight excluding hydrogens is 232 g/mol. The lowest BCUT2D eigenvalue weighted by molar-refractivity contribution is 0.0773. The van der Waals surface area contributed by atoms with Crippen LogP contribution in [-0.4, -0.2) is 22.8 Å². The second-order valence-corrected chi connectivity index (χ2v) is 4.09. The van der Waals surface area contributed by atoms with Gasteiger partial charge in [0, 0.05) is 13.2 Å². The molecule has 2 rings (SSSR count). The van der Waals surface area contributed by atoms with Gasteiger partial charge in [0.1, 0.15) is 17.1 Å². The number of nitrogens with one attached hydrogen (secondary N) is 1. The van der Waals surface area contributed by atoms with E-state index in [1.165, 1.54) is 17.2 Å². The molecule has 0 unspecified atom stereocenters. The summed E-state index contributed by atoms with van der Waals surface area (Å²) in [6, 6.07) is 6.78. The highest BCUT2D eigenvalue weighted by Gasteiger charge is 2.16. The number of H-pyrrole nitrogens is 1. The van der Waals surface area contributed by atoms with E-state index < -0.39 is 0 Å². The maximum absolute atomic E-state index is 12.0. The number of carbonyl (C=O) groups is 1. The Morgan fingerprint density at radius 2 is 2.17 bits per heavy atom. The molecule has 0 aliphatic heterocycles. The summed E-state index contributed by atoms with van der Waals surface area (Å²) in [4.78, 5) is 27.5. The van der Waals surface area contributed by atoms with Crippen LogP contribution in [0.5, 0.6) is 0 Å². The number of nitrogens with zero attached hydrogens (tertiary/aromatic N) is 1. The number of pyridine rings is 1. The van der Waals surface area contributed by atoms with Crippen LogP contribution in [0.4, 0.5) is 0 Å². The third-order valence-electron chi connectivity index (χ3n) is 2.58. The van der Waals surface area contributed by atoms with Gasteiger partial charge in [-0.05, 0) is 31.2 Å². The van der Waals surface area contributed by atoms with Gasteiger partial charge in [0.15, 0.2) is 0 Å². The molecule has 1 amide bonds. The number of aromatic amines is 1. The third kappa shape index (κ3) is 2.51. The van der Waals surface area contributed by atoms with E-state index in [1.807, 2.05) is 19.1 Å². The van der Waals surface area contributed by atoms with Gasteiger partial charge in [-0.2, -0.15) is 0 Å². The molecule has 0 radical (unpaired) electrons. The van der Waals surface area contributed by atoms with Gasteiger partial charge in [-0.3, -0.25) is 9.59 Å². The van der Waals surface area contributed by atoms with E-state index in [-0.39, 0.29) is 17.0 Å². The van der Waals surface area contributed by atoms with Crippen molar-refractivity contribution in [3.05, 3.63) is 57.9 Å². The average Bonchev–Trinajstić information content (AvgIpc) is 2.74. The van der Waals surface area contributed by atoms with E-state index in [0.29, 0.717) is 12.3 Å². The largest absolute Gasteiger partial charge is 0.464 e. The molecule has 0 spiro atoms. The predicted molar refractivity (Wildman–Crippen MR) is 66.3 cm³/mol. The Bertz CT molecular complexity index is 612. The first-order chi connectivity index (χ1) is 8.58. The van der Waals surface area contributed by atoms with E-state index >= 15 is 0 Å². The Morgan fingerprint density at radius 3 is 2.78 bits per heavy atom. The molecule has 2 aromatic heterocycles. The predicted octanol–water partition coefficient (Wildman–Crippen LogP) is 1.55. The van der Waals surface area contributed by atoms with E-state index in [4.69, 9.17) is 4.42 Å². The number of aryl methyl sites for hydroxylation is 1. The van der Waals surface area contributed by atoms with Crippen molar-refractivity contribution < 1.29 is 9.21 Å². The Morgan fingerprint density at radius 1 is 1.39 bits per heavy atom. The molecule has 0 aromatic carbocycles. The van der Waals surface area contributed by atoms with Crippen molar-refractivity contribution in [3.63, 3.8) is 0 Å². The number of amides is 1. The molecule has 0 saturated carbocycles. The van der Waals surface area contributed by atoms with E-state index in [1.54, 1.807) is 13.1 Å². The number of aromatic nitrogens is 1. The maximum atomic E-state index is 12.0. The summed E-state index contributed by atoms with van der Waals surface area (Å²) < 4.78 is 5.39. The fraction of sp³-hybridized carbons (Fsp3) is 0.231. The van der Waals surface area contributed by atoms with Crippen molar-refractivity contribution in [2.75, 3.05) is 7.05 Å². The summed E-state index contributed by atoms with van der Waals surface area (Å²) in [7, 11) is 1.63. The fourth-order valence-corrected chi connectivity index (χ4v) is 1.67. The van der Waals surface area contributed by atoms with Crippen LogP contribution in [0.25, 0.3) is 0 Å². The summed E-state index contributed by atoms with van der Waals surface area (Å²) in [5.74, 6) is 1.16. The molecule has 0 saturated heterocycles. The summed E-state index contributed by atoms with van der Waals surface area (Å²) in [5, 5.41) is 0. The molecule has 0 fully saturated rings. The monoisotopic (exact) mass is 246 g/mol. The molecule has 5 heteroatoms. The second-order valence-electron chi connectivity index (χ2n) is 4.09. The third-order valence-corrected chi connectivity index (χ3v) is 2.58. The first-order valence-corrected chi connectivity index (χ1v) is 5.56. The van der Waals surface area contributed by atoms with Gasteiger partial charge in [-0.15, -0.1) is 0 Å². The van der Waals surface area contributed by atoms with E-state index in [9.17, 15) is 9.59 Å². The molecule has 0 aliphatic rings. The number of carbonyl (C=O) groups excluding carboxylic acids is 1. The van der Waals surface area contributed by atoms with Crippen molar-refractivity contribution in [2.24, 2.45) is 0 Å². The summed E-state index contributed by atoms with van der Waals surface area (Å²) in [6.45, 7) is 2.17. The summed E-state index contributed by atoms with van der Waals surface area (Å²) in [5.41, 5.74) is -0.256. The number of hydrogen-bond donors (Lipinski definition) is 1. The SMILES string of the molecule is Cc1ccc(CN(C)C(=O)c2ccc[nH]c2=O)o1. The second kappa shape index (κ2) is 4.91. The molecule has 5 nitrogen and oxygen atoms in total. The molecule has 2 aromatic rings. The van der Waals surface area contributed by atoms with Crippen LogP contribution in [0.3, 0.4) is 0 Å². The molecule has 0 atom stereocenters. The quantitative estimate of drug-likeness (QED) is 0.893. The zero-order valence-corrected chi connectivity index (χ0v) is 10.3. The van der Waals surface area contributed by atoms with Gasteiger partial charge < -0.3 is 14.3 Å². The Labute approximate surface area is 104 Å². The molecule has 94 valence electrons. The minimum absolute atomic E-state index is 0.128. The van der Waals surface area contributed by atoms with Crippen LogP contribution >= 0.6 is 0 Å².